The third-order valence-electron chi connectivity index (χ3n) is 3.81. The maximum absolute atomic E-state index is 13.8. The van der Waals surface area contributed by atoms with Crippen LogP contribution >= 0.6 is 11.6 Å². The maximum Gasteiger partial charge on any atom is 0.147 e. The Hall–Kier alpha value is -1.62. The standard InChI is InChI=1S/C18H21ClFNO2/c1-12(13-6-8-14(23-2)9-7-13)10-21-11-17(22)15-4-3-5-16(19)18(15)20/h3-9,12,17,21-22H,10-11H2,1-2H3. The molecule has 0 bridgehead atoms. The minimum Gasteiger partial charge on any atom is -0.497 e. The van der Waals surface area contributed by atoms with Crippen molar-refractivity contribution >= 4 is 11.6 Å². The van der Waals surface area contributed by atoms with Crippen LogP contribution in [0.25, 0.3) is 0 Å². The van der Waals surface area contributed by atoms with Gasteiger partial charge in [-0.2, -0.15) is 0 Å². The van der Waals surface area contributed by atoms with Gasteiger partial charge in [-0.15, -0.1) is 0 Å². The van der Waals surface area contributed by atoms with E-state index in [-0.39, 0.29) is 23.0 Å². The van der Waals surface area contributed by atoms with Gasteiger partial charge in [-0.25, -0.2) is 4.39 Å². The van der Waals surface area contributed by atoms with Crippen LogP contribution in [0.3, 0.4) is 0 Å². The minimum atomic E-state index is -0.934. The lowest BCUT2D eigenvalue weighted by atomic mass is 10.0. The van der Waals surface area contributed by atoms with Crippen LogP contribution in [-0.4, -0.2) is 25.3 Å². The molecule has 2 atom stereocenters. The van der Waals surface area contributed by atoms with Crippen molar-refractivity contribution in [2.75, 3.05) is 20.2 Å². The molecular weight excluding hydrogens is 317 g/mol. The molecule has 5 heteroatoms. The van der Waals surface area contributed by atoms with Crippen LogP contribution in [0, 0.1) is 5.82 Å². The van der Waals surface area contributed by atoms with E-state index >= 15 is 0 Å². The Morgan fingerprint density at radius 3 is 2.52 bits per heavy atom. The van der Waals surface area contributed by atoms with Gasteiger partial charge in [0.15, 0.2) is 0 Å². The third-order valence-corrected chi connectivity index (χ3v) is 4.11. The molecule has 0 amide bonds. The van der Waals surface area contributed by atoms with E-state index in [2.05, 4.69) is 12.2 Å². The quantitative estimate of drug-likeness (QED) is 0.804. The molecule has 2 aromatic rings. The largest absolute Gasteiger partial charge is 0.497 e. The fraction of sp³-hybridized carbons (Fsp3) is 0.333. The van der Waals surface area contributed by atoms with E-state index in [1.54, 1.807) is 19.2 Å². The van der Waals surface area contributed by atoms with E-state index in [1.165, 1.54) is 11.6 Å². The van der Waals surface area contributed by atoms with E-state index in [0.29, 0.717) is 6.54 Å². The van der Waals surface area contributed by atoms with Crippen LogP contribution < -0.4 is 10.1 Å². The van der Waals surface area contributed by atoms with Gasteiger partial charge >= 0.3 is 0 Å². The number of aliphatic hydroxyl groups is 1. The minimum absolute atomic E-state index is 0.0214. The van der Waals surface area contributed by atoms with E-state index in [1.807, 2.05) is 24.3 Å². The highest BCUT2D eigenvalue weighted by Gasteiger charge is 2.15. The summed E-state index contributed by atoms with van der Waals surface area (Å²) in [6.45, 7) is 3.02. The number of halogens is 2. The fourth-order valence-electron chi connectivity index (χ4n) is 2.37. The van der Waals surface area contributed by atoms with Crippen molar-refractivity contribution in [2.45, 2.75) is 18.9 Å². The van der Waals surface area contributed by atoms with Gasteiger partial charge in [0, 0.05) is 18.7 Å². The molecule has 0 aliphatic carbocycles. The first-order valence-corrected chi connectivity index (χ1v) is 7.87. The molecule has 0 aliphatic rings. The number of hydrogen-bond acceptors (Lipinski definition) is 3. The Kier molecular flexibility index (Phi) is 6.39. The number of nitrogens with one attached hydrogen (secondary N) is 1. The molecule has 0 spiro atoms. The number of benzene rings is 2. The summed E-state index contributed by atoms with van der Waals surface area (Å²) in [6.07, 6.45) is -0.934. The molecule has 0 heterocycles. The number of methoxy groups -OCH3 is 1. The monoisotopic (exact) mass is 337 g/mol. The number of ether oxygens (including phenoxy) is 1. The Bertz CT molecular complexity index is 633. The highest BCUT2D eigenvalue weighted by atomic mass is 35.5. The lowest BCUT2D eigenvalue weighted by molar-refractivity contribution is 0.170. The molecular formula is C18H21ClFNO2. The summed E-state index contributed by atoms with van der Waals surface area (Å²) in [6, 6.07) is 12.5. The van der Waals surface area contributed by atoms with Crippen LogP contribution in [-0.2, 0) is 0 Å². The average molecular weight is 338 g/mol. The van der Waals surface area contributed by atoms with Crippen LogP contribution in [0.2, 0.25) is 5.02 Å². The summed E-state index contributed by atoms with van der Waals surface area (Å²) in [7, 11) is 1.64. The van der Waals surface area contributed by atoms with Gasteiger partial charge in [-0.3, -0.25) is 0 Å². The van der Waals surface area contributed by atoms with Crippen molar-refractivity contribution in [3.8, 4) is 5.75 Å². The summed E-state index contributed by atoms with van der Waals surface area (Å²) in [5, 5.41) is 13.3. The van der Waals surface area contributed by atoms with Crippen molar-refractivity contribution in [1.82, 2.24) is 5.32 Å². The summed E-state index contributed by atoms with van der Waals surface area (Å²) < 4.78 is 19.0. The highest BCUT2D eigenvalue weighted by molar-refractivity contribution is 6.30. The van der Waals surface area contributed by atoms with Crippen LogP contribution in [0.1, 0.15) is 30.1 Å². The SMILES string of the molecule is COc1ccc(C(C)CNCC(O)c2cccc(Cl)c2F)cc1. The first-order valence-electron chi connectivity index (χ1n) is 7.49. The van der Waals surface area contributed by atoms with Gasteiger partial charge in [-0.1, -0.05) is 42.8 Å². The lowest BCUT2D eigenvalue weighted by Gasteiger charge is -2.17. The first-order chi connectivity index (χ1) is 11.0. The van der Waals surface area contributed by atoms with Crippen molar-refractivity contribution in [3.63, 3.8) is 0 Å². The van der Waals surface area contributed by atoms with Crippen molar-refractivity contribution in [2.24, 2.45) is 0 Å². The van der Waals surface area contributed by atoms with Crippen LogP contribution in [0.4, 0.5) is 4.39 Å². The molecule has 0 saturated carbocycles. The molecule has 0 saturated heterocycles. The van der Waals surface area contributed by atoms with Gasteiger partial charge in [0.25, 0.3) is 0 Å². The zero-order chi connectivity index (χ0) is 16.8. The van der Waals surface area contributed by atoms with E-state index in [9.17, 15) is 9.50 Å². The predicted molar refractivity (Wildman–Crippen MR) is 90.6 cm³/mol. The zero-order valence-electron chi connectivity index (χ0n) is 13.2. The maximum atomic E-state index is 13.8. The van der Waals surface area contributed by atoms with Crippen molar-refractivity contribution in [1.29, 1.82) is 0 Å². The van der Waals surface area contributed by atoms with Crippen molar-refractivity contribution < 1.29 is 14.2 Å². The second-order valence-corrected chi connectivity index (χ2v) is 5.90. The molecule has 0 aromatic heterocycles. The Labute approximate surface area is 141 Å². The van der Waals surface area contributed by atoms with Gasteiger partial charge in [-0.05, 0) is 29.7 Å². The van der Waals surface area contributed by atoms with E-state index < -0.39 is 11.9 Å². The zero-order valence-corrected chi connectivity index (χ0v) is 14.0. The molecule has 2 unspecified atom stereocenters. The van der Waals surface area contributed by atoms with Gasteiger partial charge in [0.2, 0.25) is 0 Å². The number of hydrogen-bond donors (Lipinski definition) is 2. The summed E-state index contributed by atoms with van der Waals surface area (Å²) in [4.78, 5) is 0. The Morgan fingerprint density at radius 1 is 1.17 bits per heavy atom. The number of rotatable bonds is 7. The third kappa shape index (κ3) is 4.67. The van der Waals surface area contributed by atoms with Gasteiger partial charge in [0.1, 0.15) is 11.6 Å². The Balaban J connectivity index is 1.87. The summed E-state index contributed by atoms with van der Waals surface area (Å²) in [5.41, 5.74) is 1.38. The summed E-state index contributed by atoms with van der Waals surface area (Å²) in [5.74, 6) is 0.518. The predicted octanol–water partition coefficient (Wildman–Crippen LogP) is 3.91. The topological polar surface area (TPSA) is 41.5 Å². The molecule has 2 N–H and O–H groups in total. The summed E-state index contributed by atoms with van der Waals surface area (Å²) >= 11 is 5.73. The number of aliphatic hydroxyl groups excluding tert-OH is 1. The van der Waals surface area contributed by atoms with Gasteiger partial charge < -0.3 is 15.2 Å². The molecule has 3 nitrogen and oxygen atoms in total. The lowest BCUT2D eigenvalue weighted by Crippen LogP contribution is -2.26. The smallest absolute Gasteiger partial charge is 0.147 e. The molecule has 2 aromatic carbocycles. The highest BCUT2D eigenvalue weighted by Crippen LogP contribution is 2.23. The molecule has 2 rings (SSSR count). The second-order valence-electron chi connectivity index (χ2n) is 5.49. The normalized spacial score (nSPS) is 13.6. The van der Waals surface area contributed by atoms with Crippen molar-refractivity contribution in [3.05, 3.63) is 64.4 Å². The molecule has 0 radical (unpaired) electrons. The fourth-order valence-corrected chi connectivity index (χ4v) is 2.56. The second kappa shape index (κ2) is 8.29. The first kappa shape index (κ1) is 17.7. The molecule has 0 aliphatic heterocycles. The van der Waals surface area contributed by atoms with Crippen LogP contribution in [0.5, 0.6) is 5.75 Å². The Morgan fingerprint density at radius 2 is 1.87 bits per heavy atom. The van der Waals surface area contributed by atoms with Gasteiger partial charge in [0.05, 0.1) is 18.2 Å². The van der Waals surface area contributed by atoms with E-state index in [0.717, 1.165) is 5.75 Å². The molecule has 23 heavy (non-hydrogen) atoms. The van der Waals surface area contributed by atoms with Crippen LogP contribution in [0.15, 0.2) is 42.5 Å². The average Bonchev–Trinajstić information content (AvgIpc) is 2.57. The molecule has 124 valence electrons. The van der Waals surface area contributed by atoms with E-state index in [4.69, 9.17) is 16.3 Å². The molecule has 0 fully saturated rings.